The lowest BCUT2D eigenvalue weighted by Gasteiger charge is -2.32. The Balaban J connectivity index is 0.000000126. The molecule has 0 N–H and O–H groups in total. The van der Waals surface area contributed by atoms with Crippen molar-refractivity contribution in [3.8, 4) is 11.1 Å². The van der Waals surface area contributed by atoms with E-state index in [1.165, 1.54) is 60.8 Å². The maximum atomic E-state index is 2.22. The predicted octanol–water partition coefficient (Wildman–Crippen LogP) is 7.40. The maximum Gasteiger partial charge on any atom is -0.00135 e. The summed E-state index contributed by atoms with van der Waals surface area (Å²) in [5, 5.41) is 0. The summed E-state index contributed by atoms with van der Waals surface area (Å²) in [7, 11) is 0. The first-order valence-corrected chi connectivity index (χ1v) is 10.6. The van der Waals surface area contributed by atoms with Crippen LogP contribution in [0.25, 0.3) is 11.1 Å². The molecule has 2 aromatic rings. The van der Waals surface area contributed by atoms with Gasteiger partial charge in [-0.1, -0.05) is 113 Å². The van der Waals surface area contributed by atoms with Crippen LogP contribution in [0, 0.1) is 11.8 Å². The van der Waals surface area contributed by atoms with Crippen LogP contribution >= 0.6 is 0 Å². The van der Waals surface area contributed by atoms with Crippen molar-refractivity contribution in [2.75, 3.05) is 0 Å². The van der Waals surface area contributed by atoms with Gasteiger partial charge in [0, 0.05) is 0 Å². The molecule has 3 aliphatic carbocycles. The molecular formula is C25H32. The zero-order valence-electron chi connectivity index (χ0n) is 15.6. The average molecular weight is 333 g/mol. The average Bonchev–Trinajstić information content (AvgIpc) is 3.09. The highest BCUT2D eigenvalue weighted by atomic mass is 14.3. The van der Waals surface area contributed by atoms with E-state index in [0.717, 1.165) is 18.3 Å². The summed E-state index contributed by atoms with van der Waals surface area (Å²) >= 11 is 0. The molecule has 0 bridgehead atoms. The second-order valence-electron chi connectivity index (χ2n) is 8.29. The standard InChI is InChI=1S/C13H10.C12H22/c1-3-7-12-10(5-1)9-11-6-2-4-8-13(11)12;1-3-7-11(8-4-1)12-9-5-2-6-10-12/h1-8H,9H2;11-12H,1-10H2. The molecule has 0 atom stereocenters. The summed E-state index contributed by atoms with van der Waals surface area (Å²) in [5.41, 5.74) is 5.75. The molecule has 0 radical (unpaired) electrons. The van der Waals surface area contributed by atoms with E-state index in [0.29, 0.717) is 0 Å². The fourth-order valence-corrected chi connectivity index (χ4v) is 5.29. The zero-order chi connectivity index (χ0) is 16.9. The van der Waals surface area contributed by atoms with Crippen LogP contribution in [0.4, 0.5) is 0 Å². The lowest BCUT2D eigenvalue weighted by Crippen LogP contribution is -2.20. The second kappa shape index (κ2) is 8.21. The van der Waals surface area contributed by atoms with Crippen molar-refractivity contribution < 1.29 is 0 Å². The number of fused-ring (bicyclic) bond motifs is 3. The number of benzene rings is 2. The van der Waals surface area contributed by atoms with Crippen LogP contribution in [-0.4, -0.2) is 0 Å². The van der Waals surface area contributed by atoms with Crippen LogP contribution < -0.4 is 0 Å². The number of hydrogen-bond acceptors (Lipinski definition) is 0. The lowest BCUT2D eigenvalue weighted by atomic mass is 9.73. The van der Waals surface area contributed by atoms with Gasteiger partial charge in [0.2, 0.25) is 0 Å². The van der Waals surface area contributed by atoms with Gasteiger partial charge in [0.25, 0.3) is 0 Å². The van der Waals surface area contributed by atoms with Crippen molar-refractivity contribution in [3.05, 3.63) is 59.7 Å². The molecule has 132 valence electrons. The molecule has 0 saturated heterocycles. The van der Waals surface area contributed by atoms with Crippen LogP contribution in [0.1, 0.15) is 75.3 Å². The fraction of sp³-hybridized carbons (Fsp3) is 0.520. The molecule has 0 nitrogen and oxygen atoms in total. The molecule has 0 aliphatic heterocycles. The van der Waals surface area contributed by atoms with E-state index in [2.05, 4.69) is 48.5 Å². The molecule has 3 aliphatic rings. The van der Waals surface area contributed by atoms with E-state index < -0.39 is 0 Å². The van der Waals surface area contributed by atoms with Gasteiger partial charge in [-0.15, -0.1) is 0 Å². The molecule has 0 aromatic heterocycles. The van der Waals surface area contributed by atoms with Gasteiger partial charge in [0.1, 0.15) is 0 Å². The monoisotopic (exact) mass is 332 g/mol. The Hall–Kier alpha value is -1.56. The molecule has 0 amide bonds. The minimum atomic E-state index is 1.10. The first-order valence-electron chi connectivity index (χ1n) is 10.6. The fourth-order valence-electron chi connectivity index (χ4n) is 5.29. The third-order valence-corrected chi connectivity index (χ3v) is 6.67. The quantitative estimate of drug-likeness (QED) is 0.435. The third kappa shape index (κ3) is 4.00. The minimum Gasteiger partial charge on any atom is -0.0619 e. The summed E-state index contributed by atoms with van der Waals surface area (Å²) in [6.45, 7) is 0. The van der Waals surface area contributed by atoms with Gasteiger partial charge in [0.05, 0.1) is 0 Å². The molecule has 2 fully saturated rings. The van der Waals surface area contributed by atoms with Gasteiger partial charge in [-0.3, -0.25) is 0 Å². The van der Waals surface area contributed by atoms with E-state index >= 15 is 0 Å². The van der Waals surface area contributed by atoms with Crippen LogP contribution in [0.2, 0.25) is 0 Å². The Morgan fingerprint density at radius 3 is 1.32 bits per heavy atom. The Bertz CT molecular complexity index is 612. The highest BCUT2D eigenvalue weighted by molar-refractivity contribution is 5.76. The molecule has 2 saturated carbocycles. The molecule has 2 aromatic carbocycles. The highest BCUT2D eigenvalue weighted by Gasteiger charge is 2.24. The largest absolute Gasteiger partial charge is 0.0619 e. The van der Waals surface area contributed by atoms with E-state index in [9.17, 15) is 0 Å². The SMILES string of the molecule is C1CCC(C2CCCCC2)CC1.c1ccc2c(c1)Cc1ccccc1-2. The van der Waals surface area contributed by atoms with E-state index in [1.54, 1.807) is 25.7 Å². The van der Waals surface area contributed by atoms with Gasteiger partial charge in [0.15, 0.2) is 0 Å². The van der Waals surface area contributed by atoms with Crippen molar-refractivity contribution in [1.82, 2.24) is 0 Å². The van der Waals surface area contributed by atoms with Gasteiger partial charge >= 0.3 is 0 Å². The van der Waals surface area contributed by atoms with Crippen LogP contribution in [0.5, 0.6) is 0 Å². The Morgan fingerprint density at radius 2 is 0.880 bits per heavy atom. The molecule has 5 rings (SSSR count). The Labute approximate surface area is 153 Å². The van der Waals surface area contributed by atoms with Crippen LogP contribution in [0.3, 0.4) is 0 Å². The molecule has 0 heterocycles. The normalized spacial score (nSPS) is 20.3. The summed E-state index contributed by atoms with van der Waals surface area (Å²) in [6, 6.07) is 17.3. The molecule has 0 spiro atoms. The van der Waals surface area contributed by atoms with Crippen LogP contribution in [-0.2, 0) is 6.42 Å². The Morgan fingerprint density at radius 1 is 0.480 bits per heavy atom. The third-order valence-electron chi connectivity index (χ3n) is 6.67. The highest BCUT2D eigenvalue weighted by Crippen LogP contribution is 2.38. The smallest absolute Gasteiger partial charge is 0.00135 e. The van der Waals surface area contributed by atoms with Gasteiger partial charge in [-0.25, -0.2) is 0 Å². The van der Waals surface area contributed by atoms with Crippen molar-refractivity contribution in [3.63, 3.8) is 0 Å². The maximum absolute atomic E-state index is 2.22. The van der Waals surface area contributed by atoms with Crippen molar-refractivity contribution >= 4 is 0 Å². The van der Waals surface area contributed by atoms with E-state index in [4.69, 9.17) is 0 Å². The first-order chi connectivity index (χ1) is 12.4. The molecule has 25 heavy (non-hydrogen) atoms. The van der Waals surface area contributed by atoms with Gasteiger partial charge in [-0.05, 0) is 40.5 Å². The summed E-state index contributed by atoms with van der Waals surface area (Å²) in [5.74, 6) is 2.28. The van der Waals surface area contributed by atoms with E-state index in [-0.39, 0.29) is 0 Å². The topological polar surface area (TPSA) is 0 Å². The van der Waals surface area contributed by atoms with Gasteiger partial charge in [-0.2, -0.15) is 0 Å². The van der Waals surface area contributed by atoms with Crippen molar-refractivity contribution in [2.45, 2.75) is 70.6 Å². The lowest BCUT2D eigenvalue weighted by molar-refractivity contribution is 0.196. The predicted molar refractivity (Wildman–Crippen MR) is 108 cm³/mol. The van der Waals surface area contributed by atoms with Crippen LogP contribution in [0.15, 0.2) is 48.5 Å². The molecule has 0 unspecified atom stereocenters. The molecular weight excluding hydrogens is 300 g/mol. The number of hydrogen-bond donors (Lipinski definition) is 0. The van der Waals surface area contributed by atoms with Crippen molar-refractivity contribution in [2.24, 2.45) is 11.8 Å². The summed E-state index contributed by atoms with van der Waals surface area (Å²) in [4.78, 5) is 0. The summed E-state index contributed by atoms with van der Waals surface area (Å²) in [6.07, 6.45) is 16.5. The number of rotatable bonds is 1. The summed E-state index contributed by atoms with van der Waals surface area (Å²) < 4.78 is 0. The van der Waals surface area contributed by atoms with E-state index in [1.807, 2.05) is 0 Å². The Kier molecular flexibility index (Phi) is 5.55. The first kappa shape index (κ1) is 16.9. The second-order valence-corrected chi connectivity index (χ2v) is 8.29. The molecule has 0 heteroatoms. The zero-order valence-corrected chi connectivity index (χ0v) is 15.6. The van der Waals surface area contributed by atoms with Gasteiger partial charge < -0.3 is 0 Å². The minimum absolute atomic E-state index is 1.10. The van der Waals surface area contributed by atoms with Crippen molar-refractivity contribution in [1.29, 1.82) is 0 Å².